The molecule has 1 N–H and O–H groups in total. The molecule has 0 aromatic rings. The molecule has 0 aromatic carbocycles. The predicted octanol–water partition coefficient (Wildman–Crippen LogP) is 1.80. The van der Waals surface area contributed by atoms with E-state index in [9.17, 15) is 9.59 Å². The van der Waals surface area contributed by atoms with Crippen molar-refractivity contribution < 1.29 is 14.3 Å². The van der Waals surface area contributed by atoms with E-state index in [-0.39, 0.29) is 11.7 Å². The number of Topliss-reactive ketones (excluding diaryl/α,β-unsaturated/α-hetero) is 1. The highest BCUT2D eigenvalue weighted by Crippen LogP contribution is 2.40. The normalized spacial score (nSPS) is 33.0. The van der Waals surface area contributed by atoms with Gasteiger partial charge in [0, 0.05) is 12.8 Å². The van der Waals surface area contributed by atoms with Gasteiger partial charge < -0.3 is 10.1 Å². The number of alkyl carbamates (subject to hydrolysis) is 1. The van der Waals surface area contributed by atoms with Crippen LogP contribution in [0.15, 0.2) is 11.6 Å². The Morgan fingerprint density at radius 3 is 3.00 bits per heavy atom. The lowest BCUT2D eigenvalue weighted by atomic mass is 9.68. The first-order chi connectivity index (χ1) is 7.53. The van der Waals surface area contributed by atoms with Crippen LogP contribution in [0.2, 0.25) is 0 Å². The van der Waals surface area contributed by atoms with E-state index in [1.807, 2.05) is 0 Å². The Bertz CT molecular complexity index is 361. The Kier molecular flexibility index (Phi) is 2.74. The molecule has 2 aliphatic rings. The van der Waals surface area contributed by atoms with Crippen molar-refractivity contribution in [2.75, 3.05) is 7.11 Å². The number of amides is 1. The van der Waals surface area contributed by atoms with E-state index >= 15 is 0 Å². The van der Waals surface area contributed by atoms with Gasteiger partial charge in [-0.3, -0.25) is 4.79 Å². The molecule has 0 heterocycles. The number of hydrogen-bond donors (Lipinski definition) is 1. The minimum absolute atomic E-state index is 0.233. The van der Waals surface area contributed by atoms with Crippen molar-refractivity contribution in [2.24, 2.45) is 5.92 Å². The molecule has 1 amide bonds. The Hall–Kier alpha value is -1.32. The summed E-state index contributed by atoms with van der Waals surface area (Å²) in [5.41, 5.74) is 0.853. The first kappa shape index (κ1) is 11.2. The van der Waals surface area contributed by atoms with Gasteiger partial charge in [-0.05, 0) is 25.7 Å². The molecule has 0 aromatic heterocycles. The first-order valence-electron chi connectivity index (χ1n) is 5.58. The van der Waals surface area contributed by atoms with Crippen molar-refractivity contribution in [3.63, 3.8) is 0 Å². The number of nitrogens with one attached hydrogen (secondary N) is 1. The van der Waals surface area contributed by atoms with Crippen LogP contribution >= 0.6 is 0 Å². The Morgan fingerprint density at radius 2 is 2.31 bits per heavy atom. The maximum Gasteiger partial charge on any atom is 0.407 e. The summed E-state index contributed by atoms with van der Waals surface area (Å²) in [5.74, 6) is 0.517. The molecule has 0 aliphatic heterocycles. The number of carbonyl (C=O) groups is 2. The molecule has 88 valence electrons. The average molecular weight is 223 g/mol. The van der Waals surface area contributed by atoms with Crippen LogP contribution in [-0.2, 0) is 9.53 Å². The summed E-state index contributed by atoms with van der Waals surface area (Å²) in [7, 11) is 1.35. The van der Waals surface area contributed by atoms with E-state index in [0.29, 0.717) is 12.8 Å². The lowest BCUT2D eigenvalue weighted by Gasteiger charge is -2.43. The molecule has 0 spiro atoms. The number of ether oxygens (including phenoxy) is 1. The highest BCUT2D eigenvalue weighted by Gasteiger charge is 2.43. The highest BCUT2D eigenvalue weighted by molar-refractivity contribution is 5.82. The molecular weight excluding hydrogens is 206 g/mol. The molecule has 2 rings (SSSR count). The average Bonchev–Trinajstić information content (AvgIpc) is 2.13. The topological polar surface area (TPSA) is 55.4 Å². The Balaban J connectivity index is 2.21. The smallest absolute Gasteiger partial charge is 0.407 e. The van der Waals surface area contributed by atoms with Crippen molar-refractivity contribution >= 4 is 11.9 Å². The molecular formula is C12H17NO3. The molecule has 2 bridgehead atoms. The number of rotatable bonds is 1. The van der Waals surface area contributed by atoms with Crippen molar-refractivity contribution in [1.82, 2.24) is 5.32 Å². The maximum atomic E-state index is 11.6. The molecule has 4 heteroatoms. The van der Waals surface area contributed by atoms with Gasteiger partial charge in [0.15, 0.2) is 0 Å². The molecule has 1 fully saturated rings. The Labute approximate surface area is 95.0 Å². The van der Waals surface area contributed by atoms with E-state index in [1.54, 1.807) is 0 Å². The van der Waals surface area contributed by atoms with Crippen LogP contribution in [0.5, 0.6) is 0 Å². The van der Waals surface area contributed by atoms with Gasteiger partial charge in [-0.15, -0.1) is 0 Å². The van der Waals surface area contributed by atoms with Crippen molar-refractivity contribution in [3.8, 4) is 0 Å². The van der Waals surface area contributed by atoms with Gasteiger partial charge in [-0.1, -0.05) is 11.6 Å². The quantitative estimate of drug-likeness (QED) is 0.690. The van der Waals surface area contributed by atoms with Gasteiger partial charge in [-0.25, -0.2) is 4.79 Å². The Morgan fingerprint density at radius 1 is 1.56 bits per heavy atom. The van der Waals surface area contributed by atoms with Gasteiger partial charge in [0.05, 0.1) is 12.6 Å². The summed E-state index contributed by atoms with van der Waals surface area (Å²) in [6, 6.07) is 0. The first-order valence-corrected chi connectivity index (χ1v) is 5.58. The molecule has 0 radical (unpaired) electrons. The number of ketones is 1. The largest absolute Gasteiger partial charge is 0.453 e. The predicted molar refractivity (Wildman–Crippen MR) is 59.0 cm³/mol. The zero-order valence-electron chi connectivity index (χ0n) is 9.71. The minimum Gasteiger partial charge on any atom is -0.453 e. The number of carbonyl (C=O) groups excluding carboxylic acids is 2. The highest BCUT2D eigenvalue weighted by atomic mass is 16.5. The molecule has 2 atom stereocenters. The monoisotopic (exact) mass is 223 g/mol. The van der Waals surface area contributed by atoms with Crippen LogP contribution in [-0.4, -0.2) is 24.5 Å². The number of methoxy groups -OCH3 is 1. The summed E-state index contributed by atoms with van der Waals surface area (Å²) in [4.78, 5) is 23.0. The zero-order valence-corrected chi connectivity index (χ0v) is 9.71. The third-order valence-electron chi connectivity index (χ3n) is 3.37. The third-order valence-corrected chi connectivity index (χ3v) is 3.37. The van der Waals surface area contributed by atoms with Gasteiger partial charge in [0.1, 0.15) is 5.78 Å². The summed E-state index contributed by atoms with van der Waals surface area (Å²) in [6.45, 7) is 2.05. The molecule has 4 nitrogen and oxygen atoms in total. The summed E-state index contributed by atoms with van der Waals surface area (Å²) in [5, 5.41) is 2.85. The fourth-order valence-electron chi connectivity index (χ4n) is 3.04. The van der Waals surface area contributed by atoms with Gasteiger partial charge in [0.25, 0.3) is 0 Å². The van der Waals surface area contributed by atoms with Crippen LogP contribution < -0.4 is 5.32 Å². The SMILES string of the molecule is COC(=O)NC12CC(=O)CC(C=C(C)C1)C2. The molecule has 16 heavy (non-hydrogen) atoms. The molecule has 2 unspecified atom stereocenters. The van der Waals surface area contributed by atoms with Gasteiger partial charge in [-0.2, -0.15) is 0 Å². The summed E-state index contributed by atoms with van der Waals surface area (Å²) >= 11 is 0. The second-order valence-corrected chi connectivity index (χ2v) is 4.97. The maximum absolute atomic E-state index is 11.6. The van der Waals surface area contributed by atoms with Gasteiger partial charge in [0.2, 0.25) is 0 Å². The number of hydrogen-bond acceptors (Lipinski definition) is 3. The van der Waals surface area contributed by atoms with Crippen molar-refractivity contribution in [3.05, 3.63) is 11.6 Å². The molecule has 0 saturated heterocycles. The summed E-state index contributed by atoms with van der Waals surface area (Å²) < 4.78 is 4.63. The third kappa shape index (κ3) is 2.10. The van der Waals surface area contributed by atoms with E-state index in [0.717, 1.165) is 12.8 Å². The van der Waals surface area contributed by atoms with Crippen LogP contribution in [0.1, 0.15) is 32.6 Å². The second-order valence-electron chi connectivity index (χ2n) is 4.97. The lowest BCUT2D eigenvalue weighted by Crippen LogP contribution is -2.54. The zero-order chi connectivity index (χ0) is 11.8. The summed E-state index contributed by atoms with van der Waals surface area (Å²) in [6.07, 6.45) is 4.37. The standard InChI is InChI=1S/C12H17NO3/c1-8-3-9-4-10(14)7-12(5-8,6-9)13-11(15)16-2/h3,9H,4-7H2,1-2H3,(H,13,15). The van der Waals surface area contributed by atoms with Crippen molar-refractivity contribution in [1.29, 1.82) is 0 Å². The lowest BCUT2D eigenvalue weighted by molar-refractivity contribution is -0.123. The molecule has 2 aliphatic carbocycles. The second kappa shape index (κ2) is 3.92. The fourth-order valence-corrected chi connectivity index (χ4v) is 3.04. The van der Waals surface area contributed by atoms with Crippen LogP contribution in [0.3, 0.4) is 0 Å². The minimum atomic E-state index is -0.442. The number of fused-ring (bicyclic) bond motifs is 2. The van der Waals surface area contributed by atoms with E-state index in [2.05, 4.69) is 23.1 Å². The van der Waals surface area contributed by atoms with E-state index < -0.39 is 11.6 Å². The van der Waals surface area contributed by atoms with Gasteiger partial charge >= 0.3 is 6.09 Å². The number of allylic oxidation sites excluding steroid dienone is 1. The van der Waals surface area contributed by atoms with Crippen LogP contribution in [0.25, 0.3) is 0 Å². The van der Waals surface area contributed by atoms with E-state index in [1.165, 1.54) is 12.7 Å². The van der Waals surface area contributed by atoms with Crippen molar-refractivity contribution in [2.45, 2.75) is 38.1 Å². The fraction of sp³-hybridized carbons (Fsp3) is 0.667. The van der Waals surface area contributed by atoms with E-state index in [4.69, 9.17) is 0 Å². The molecule has 1 saturated carbocycles. The van der Waals surface area contributed by atoms with Crippen LogP contribution in [0, 0.1) is 5.92 Å². The van der Waals surface area contributed by atoms with Crippen LogP contribution in [0.4, 0.5) is 4.79 Å².